The van der Waals surface area contributed by atoms with Crippen molar-refractivity contribution in [3.8, 4) is 0 Å². The van der Waals surface area contributed by atoms with Gasteiger partial charge in [0.2, 0.25) is 5.91 Å². The Hall–Kier alpha value is -2.76. The quantitative estimate of drug-likeness (QED) is 0.547. The second-order valence-electron chi connectivity index (χ2n) is 4.04. The number of pyridine rings is 1. The van der Waals surface area contributed by atoms with E-state index in [1.807, 2.05) is 0 Å². The molecule has 0 saturated carbocycles. The molecule has 0 fully saturated rings. The molecule has 0 radical (unpaired) electrons. The molecule has 0 aliphatic rings. The number of carbonyl (C=O) groups excluding carboxylic acids is 1. The third-order valence-corrected chi connectivity index (χ3v) is 2.46. The van der Waals surface area contributed by atoms with E-state index in [-0.39, 0.29) is 5.91 Å². The lowest BCUT2D eigenvalue weighted by Crippen LogP contribution is -2.27. The summed E-state index contributed by atoms with van der Waals surface area (Å²) in [5, 5.41) is 5.82. The van der Waals surface area contributed by atoms with Gasteiger partial charge >= 0.3 is 0 Å². The van der Waals surface area contributed by atoms with Crippen LogP contribution in [-0.2, 0) is 4.79 Å². The molecule has 0 aliphatic heterocycles. The van der Waals surface area contributed by atoms with E-state index >= 15 is 0 Å². The molecule has 2 heterocycles. The first kappa shape index (κ1) is 13.7. The third-order valence-electron chi connectivity index (χ3n) is 2.46. The van der Waals surface area contributed by atoms with Crippen molar-refractivity contribution in [1.82, 2.24) is 10.3 Å². The third kappa shape index (κ3) is 4.49. The van der Waals surface area contributed by atoms with E-state index in [2.05, 4.69) is 15.6 Å². The smallest absolute Gasteiger partial charge is 0.244 e. The first-order chi connectivity index (χ1) is 9.74. The lowest BCUT2D eigenvalue weighted by molar-refractivity contribution is -0.116. The molecular weight excluding hydrogens is 256 g/mol. The average molecular weight is 272 g/mol. The van der Waals surface area contributed by atoms with Crippen molar-refractivity contribution in [1.29, 1.82) is 0 Å². The summed E-state index contributed by atoms with van der Waals surface area (Å²) in [7, 11) is 0. The van der Waals surface area contributed by atoms with Crippen LogP contribution < -0.4 is 16.4 Å². The number of hydrogen-bond donors (Lipinski definition) is 3. The number of hydrogen-bond acceptors (Lipinski definition) is 5. The molecule has 2 rings (SSSR count). The molecule has 6 nitrogen and oxygen atoms in total. The van der Waals surface area contributed by atoms with Gasteiger partial charge in [-0.15, -0.1) is 0 Å². The molecule has 4 N–H and O–H groups in total. The summed E-state index contributed by atoms with van der Waals surface area (Å²) in [5.41, 5.74) is 6.15. The van der Waals surface area contributed by atoms with Gasteiger partial charge < -0.3 is 20.8 Å². The van der Waals surface area contributed by atoms with E-state index in [0.29, 0.717) is 24.5 Å². The second-order valence-corrected chi connectivity index (χ2v) is 4.04. The first-order valence-corrected chi connectivity index (χ1v) is 6.19. The van der Waals surface area contributed by atoms with E-state index in [1.54, 1.807) is 42.8 Å². The number of carbonyl (C=O) groups is 1. The van der Waals surface area contributed by atoms with E-state index in [9.17, 15) is 4.79 Å². The van der Waals surface area contributed by atoms with Crippen LogP contribution in [0.15, 0.2) is 47.2 Å². The molecule has 0 unspecified atom stereocenters. The van der Waals surface area contributed by atoms with Crippen LogP contribution in [0.3, 0.4) is 0 Å². The highest BCUT2D eigenvalue weighted by atomic mass is 16.3. The predicted octanol–water partition coefficient (Wildman–Crippen LogP) is 1.50. The summed E-state index contributed by atoms with van der Waals surface area (Å²) >= 11 is 0. The zero-order chi connectivity index (χ0) is 14.2. The van der Waals surface area contributed by atoms with Crippen molar-refractivity contribution in [2.45, 2.75) is 0 Å². The standard InChI is InChI=1S/C14H16N4O2/c15-11-3-5-13(18-10-11)16-7-8-17-14(19)6-4-12-2-1-9-20-12/h1-6,9-10H,7-8,15H2,(H,16,18)(H,17,19)/b6-4+. The zero-order valence-corrected chi connectivity index (χ0v) is 10.9. The maximum Gasteiger partial charge on any atom is 0.244 e. The van der Waals surface area contributed by atoms with Gasteiger partial charge in [-0.25, -0.2) is 4.98 Å². The fourth-order valence-electron chi connectivity index (χ4n) is 1.49. The van der Waals surface area contributed by atoms with E-state index < -0.39 is 0 Å². The van der Waals surface area contributed by atoms with Crippen molar-refractivity contribution in [3.63, 3.8) is 0 Å². The number of aromatic nitrogens is 1. The van der Waals surface area contributed by atoms with Gasteiger partial charge in [0.05, 0.1) is 18.1 Å². The predicted molar refractivity (Wildman–Crippen MR) is 77.9 cm³/mol. The molecule has 0 atom stereocenters. The monoisotopic (exact) mass is 272 g/mol. The Morgan fingerprint density at radius 1 is 1.35 bits per heavy atom. The van der Waals surface area contributed by atoms with Crippen LogP contribution >= 0.6 is 0 Å². The fraction of sp³-hybridized carbons (Fsp3) is 0.143. The summed E-state index contributed by atoms with van der Waals surface area (Å²) in [6, 6.07) is 7.09. The van der Waals surface area contributed by atoms with Crippen LogP contribution in [0.1, 0.15) is 5.76 Å². The maximum atomic E-state index is 11.5. The van der Waals surface area contributed by atoms with Crippen LogP contribution in [0, 0.1) is 0 Å². The molecule has 0 spiro atoms. The van der Waals surface area contributed by atoms with Crippen LogP contribution in [0.4, 0.5) is 11.5 Å². The molecule has 104 valence electrons. The first-order valence-electron chi connectivity index (χ1n) is 6.19. The van der Waals surface area contributed by atoms with Crippen molar-refractivity contribution < 1.29 is 9.21 Å². The lowest BCUT2D eigenvalue weighted by Gasteiger charge is -2.05. The number of nitrogens with one attached hydrogen (secondary N) is 2. The Kier molecular flexibility index (Phi) is 4.77. The maximum absolute atomic E-state index is 11.5. The number of furan rings is 1. The highest BCUT2D eigenvalue weighted by molar-refractivity contribution is 5.91. The molecule has 20 heavy (non-hydrogen) atoms. The van der Waals surface area contributed by atoms with E-state index in [0.717, 1.165) is 5.82 Å². The molecule has 2 aromatic heterocycles. The largest absolute Gasteiger partial charge is 0.465 e. The number of nitrogens with two attached hydrogens (primary N) is 1. The van der Waals surface area contributed by atoms with Crippen molar-refractivity contribution in [2.24, 2.45) is 0 Å². The molecule has 1 amide bonds. The molecule has 0 aromatic carbocycles. The highest BCUT2D eigenvalue weighted by Gasteiger charge is 1.96. The normalized spacial score (nSPS) is 10.6. The summed E-state index contributed by atoms with van der Waals surface area (Å²) in [4.78, 5) is 15.6. The Balaban J connectivity index is 1.65. The van der Waals surface area contributed by atoms with Crippen LogP contribution in [0.5, 0.6) is 0 Å². The van der Waals surface area contributed by atoms with Gasteiger partial charge in [0, 0.05) is 19.2 Å². The summed E-state index contributed by atoms with van der Waals surface area (Å²) in [5.74, 6) is 1.19. The van der Waals surface area contributed by atoms with Gasteiger partial charge in [0.25, 0.3) is 0 Å². The molecule has 0 saturated heterocycles. The van der Waals surface area contributed by atoms with Gasteiger partial charge in [-0.1, -0.05) is 0 Å². The SMILES string of the molecule is Nc1ccc(NCCNC(=O)/C=C/c2ccco2)nc1. The minimum atomic E-state index is -0.173. The lowest BCUT2D eigenvalue weighted by atomic mass is 10.4. The van der Waals surface area contributed by atoms with Gasteiger partial charge in [0.15, 0.2) is 0 Å². The summed E-state index contributed by atoms with van der Waals surface area (Å²) in [6.45, 7) is 1.07. The summed E-state index contributed by atoms with van der Waals surface area (Å²) in [6.07, 6.45) is 6.18. The van der Waals surface area contributed by atoms with E-state index in [4.69, 9.17) is 10.2 Å². The molecule has 0 aliphatic carbocycles. The summed E-state index contributed by atoms with van der Waals surface area (Å²) < 4.78 is 5.08. The molecular formula is C14H16N4O2. The molecule has 0 bridgehead atoms. The van der Waals surface area contributed by atoms with E-state index in [1.165, 1.54) is 6.08 Å². The zero-order valence-electron chi connectivity index (χ0n) is 10.9. The average Bonchev–Trinajstić information content (AvgIpc) is 2.96. The van der Waals surface area contributed by atoms with Crippen LogP contribution in [-0.4, -0.2) is 24.0 Å². The number of nitrogen functional groups attached to an aromatic ring is 1. The molecule has 6 heteroatoms. The Morgan fingerprint density at radius 2 is 2.25 bits per heavy atom. The number of nitrogens with zero attached hydrogens (tertiary/aromatic N) is 1. The van der Waals surface area contributed by atoms with Gasteiger partial charge in [-0.3, -0.25) is 4.79 Å². The Labute approximate surface area is 116 Å². The minimum Gasteiger partial charge on any atom is -0.465 e. The Bertz CT molecular complexity index is 561. The van der Waals surface area contributed by atoms with Crippen LogP contribution in [0.25, 0.3) is 6.08 Å². The fourth-order valence-corrected chi connectivity index (χ4v) is 1.49. The van der Waals surface area contributed by atoms with Gasteiger partial charge in [0.1, 0.15) is 11.6 Å². The second kappa shape index (κ2) is 6.98. The number of anilines is 2. The topological polar surface area (TPSA) is 93.2 Å². The minimum absolute atomic E-state index is 0.173. The van der Waals surface area contributed by atoms with Gasteiger partial charge in [-0.05, 0) is 30.3 Å². The number of amides is 1. The highest BCUT2D eigenvalue weighted by Crippen LogP contribution is 2.04. The van der Waals surface area contributed by atoms with Crippen LogP contribution in [0.2, 0.25) is 0 Å². The number of rotatable bonds is 6. The molecule has 2 aromatic rings. The van der Waals surface area contributed by atoms with Gasteiger partial charge in [-0.2, -0.15) is 0 Å². The van der Waals surface area contributed by atoms with Crippen molar-refractivity contribution >= 4 is 23.5 Å². The van der Waals surface area contributed by atoms with Crippen molar-refractivity contribution in [2.75, 3.05) is 24.1 Å². The van der Waals surface area contributed by atoms with Crippen molar-refractivity contribution in [3.05, 3.63) is 48.6 Å². The Morgan fingerprint density at radius 3 is 2.95 bits per heavy atom.